The van der Waals surface area contributed by atoms with Crippen LogP contribution >= 0.6 is 0 Å². The van der Waals surface area contributed by atoms with Crippen LogP contribution in [0.3, 0.4) is 0 Å². The fraction of sp³-hybridized carbons (Fsp3) is 0.900. The summed E-state index contributed by atoms with van der Waals surface area (Å²) in [4.78, 5) is 11.6. The molecule has 1 saturated heterocycles. The summed E-state index contributed by atoms with van der Waals surface area (Å²) in [5.74, 6) is 0.221. The molecule has 2 atom stereocenters. The quantitative estimate of drug-likeness (QED) is 0.677. The predicted molar refractivity (Wildman–Crippen MR) is 51.4 cm³/mol. The molecule has 0 aromatic heterocycles. The number of nitrogens with one attached hydrogen (secondary N) is 2. The highest BCUT2D eigenvalue weighted by Crippen LogP contribution is 2.20. The van der Waals surface area contributed by atoms with Crippen LogP contribution in [0.15, 0.2) is 0 Å². The van der Waals surface area contributed by atoms with Gasteiger partial charge in [-0.2, -0.15) is 0 Å². The number of hydrogen-bond acceptors (Lipinski definition) is 2. The molecular weight excluding hydrogens is 164 g/mol. The summed E-state index contributed by atoms with van der Waals surface area (Å²) >= 11 is 0. The lowest BCUT2D eigenvalue weighted by molar-refractivity contribution is -0.123. The Bertz CT molecular complexity index is 201. The van der Waals surface area contributed by atoms with Gasteiger partial charge in [-0.3, -0.25) is 4.79 Å². The van der Waals surface area contributed by atoms with Crippen molar-refractivity contribution in [2.75, 3.05) is 0 Å². The van der Waals surface area contributed by atoms with Gasteiger partial charge in [0.15, 0.2) is 0 Å². The Hall–Kier alpha value is -0.570. The number of carbonyl (C=O) groups is 1. The van der Waals surface area contributed by atoms with E-state index in [4.69, 9.17) is 0 Å². The van der Waals surface area contributed by atoms with Crippen molar-refractivity contribution in [3.05, 3.63) is 0 Å². The van der Waals surface area contributed by atoms with Gasteiger partial charge in [0.2, 0.25) is 5.91 Å². The van der Waals surface area contributed by atoms with E-state index in [0.717, 1.165) is 19.3 Å². The van der Waals surface area contributed by atoms with Crippen molar-refractivity contribution in [3.63, 3.8) is 0 Å². The zero-order valence-electron chi connectivity index (χ0n) is 8.18. The maximum Gasteiger partial charge on any atom is 0.237 e. The summed E-state index contributed by atoms with van der Waals surface area (Å²) in [5, 5.41) is 6.40. The van der Waals surface area contributed by atoms with E-state index < -0.39 is 0 Å². The molecule has 2 N–H and O–H groups in total. The average molecular weight is 182 g/mol. The second-order valence-corrected chi connectivity index (χ2v) is 4.18. The molecule has 74 valence electrons. The van der Waals surface area contributed by atoms with Crippen LogP contribution in [-0.2, 0) is 4.79 Å². The van der Waals surface area contributed by atoms with Crippen molar-refractivity contribution in [2.45, 2.75) is 57.2 Å². The van der Waals surface area contributed by atoms with Crippen molar-refractivity contribution in [1.29, 1.82) is 0 Å². The Kier molecular flexibility index (Phi) is 2.54. The molecule has 1 saturated carbocycles. The van der Waals surface area contributed by atoms with Crippen LogP contribution in [0.2, 0.25) is 0 Å². The first-order chi connectivity index (χ1) is 6.29. The molecular formula is C10H18N2O. The van der Waals surface area contributed by atoms with Crippen LogP contribution in [0.1, 0.15) is 39.0 Å². The molecule has 0 spiro atoms. The van der Waals surface area contributed by atoms with Gasteiger partial charge in [-0.1, -0.05) is 6.92 Å². The van der Waals surface area contributed by atoms with Crippen molar-refractivity contribution in [2.24, 2.45) is 0 Å². The molecule has 0 bridgehead atoms. The molecule has 3 heteroatoms. The minimum atomic E-state index is 0.0885. The van der Waals surface area contributed by atoms with Crippen molar-refractivity contribution in [3.8, 4) is 0 Å². The SMILES string of the molecule is CCC1CCC(C(=O)NC2CC2)N1. The third-order valence-electron chi connectivity index (χ3n) is 2.97. The second-order valence-electron chi connectivity index (χ2n) is 4.18. The fourth-order valence-corrected chi connectivity index (χ4v) is 1.88. The van der Waals surface area contributed by atoms with Gasteiger partial charge < -0.3 is 10.6 Å². The molecule has 13 heavy (non-hydrogen) atoms. The first-order valence-electron chi connectivity index (χ1n) is 5.36. The summed E-state index contributed by atoms with van der Waals surface area (Å²) in [6.07, 6.45) is 5.65. The summed E-state index contributed by atoms with van der Waals surface area (Å²) in [7, 11) is 0. The minimum Gasteiger partial charge on any atom is -0.352 e. The number of rotatable bonds is 3. The highest BCUT2D eigenvalue weighted by Gasteiger charge is 2.31. The van der Waals surface area contributed by atoms with Gasteiger partial charge in [0.05, 0.1) is 6.04 Å². The minimum absolute atomic E-state index is 0.0885. The van der Waals surface area contributed by atoms with E-state index in [2.05, 4.69) is 17.6 Å². The van der Waals surface area contributed by atoms with Crippen molar-refractivity contribution < 1.29 is 4.79 Å². The summed E-state index contributed by atoms with van der Waals surface area (Å²) in [5.41, 5.74) is 0. The van der Waals surface area contributed by atoms with Gasteiger partial charge in [0.1, 0.15) is 0 Å². The van der Waals surface area contributed by atoms with Crippen LogP contribution in [0.5, 0.6) is 0 Å². The zero-order chi connectivity index (χ0) is 9.26. The van der Waals surface area contributed by atoms with Crippen LogP contribution in [-0.4, -0.2) is 24.0 Å². The topological polar surface area (TPSA) is 41.1 Å². The largest absolute Gasteiger partial charge is 0.352 e. The smallest absolute Gasteiger partial charge is 0.237 e. The lowest BCUT2D eigenvalue weighted by Crippen LogP contribution is -2.43. The standard InChI is InChI=1S/C10H18N2O/c1-2-7-5-6-9(11-7)10(13)12-8-3-4-8/h7-9,11H,2-6H2,1H3,(H,12,13). The highest BCUT2D eigenvalue weighted by molar-refractivity contribution is 5.82. The molecule has 2 rings (SSSR count). The summed E-state index contributed by atoms with van der Waals surface area (Å²) in [6, 6.07) is 1.15. The Labute approximate surface area is 79.3 Å². The molecule has 1 heterocycles. The zero-order valence-corrected chi connectivity index (χ0v) is 8.18. The first-order valence-corrected chi connectivity index (χ1v) is 5.36. The monoisotopic (exact) mass is 182 g/mol. The Morgan fingerprint density at radius 2 is 2.15 bits per heavy atom. The van der Waals surface area contributed by atoms with E-state index in [1.165, 1.54) is 12.8 Å². The maximum absolute atomic E-state index is 11.6. The maximum atomic E-state index is 11.6. The van der Waals surface area contributed by atoms with Gasteiger partial charge >= 0.3 is 0 Å². The van der Waals surface area contributed by atoms with Gasteiger partial charge in [-0.15, -0.1) is 0 Å². The number of amides is 1. The van der Waals surface area contributed by atoms with Crippen LogP contribution in [0.25, 0.3) is 0 Å². The van der Waals surface area contributed by atoms with Crippen molar-refractivity contribution >= 4 is 5.91 Å². The molecule has 0 aromatic rings. The normalized spacial score (nSPS) is 33.3. The molecule has 0 radical (unpaired) electrons. The Balaban J connectivity index is 1.77. The van der Waals surface area contributed by atoms with E-state index in [0.29, 0.717) is 12.1 Å². The predicted octanol–water partition coefficient (Wildman–Crippen LogP) is 0.796. The van der Waals surface area contributed by atoms with E-state index in [9.17, 15) is 4.79 Å². The third-order valence-corrected chi connectivity index (χ3v) is 2.97. The highest BCUT2D eigenvalue weighted by atomic mass is 16.2. The molecule has 2 aliphatic rings. The molecule has 2 unspecified atom stereocenters. The van der Waals surface area contributed by atoms with Crippen LogP contribution < -0.4 is 10.6 Å². The lowest BCUT2D eigenvalue weighted by Gasteiger charge is -2.12. The summed E-state index contributed by atoms with van der Waals surface area (Å²) in [6.45, 7) is 2.17. The van der Waals surface area contributed by atoms with E-state index in [-0.39, 0.29) is 11.9 Å². The van der Waals surface area contributed by atoms with Crippen molar-refractivity contribution in [1.82, 2.24) is 10.6 Å². The number of hydrogen-bond donors (Lipinski definition) is 2. The average Bonchev–Trinajstić information content (AvgIpc) is 2.82. The van der Waals surface area contributed by atoms with Gasteiger partial charge in [-0.05, 0) is 32.1 Å². The Morgan fingerprint density at radius 1 is 1.38 bits per heavy atom. The van der Waals surface area contributed by atoms with Gasteiger partial charge in [0.25, 0.3) is 0 Å². The van der Waals surface area contributed by atoms with Gasteiger partial charge in [0, 0.05) is 12.1 Å². The third kappa shape index (κ3) is 2.21. The Morgan fingerprint density at radius 3 is 2.69 bits per heavy atom. The molecule has 0 aromatic carbocycles. The first kappa shape index (κ1) is 9.00. The molecule has 1 aliphatic carbocycles. The second kappa shape index (κ2) is 3.66. The molecule has 3 nitrogen and oxygen atoms in total. The molecule has 1 amide bonds. The summed E-state index contributed by atoms with van der Waals surface area (Å²) < 4.78 is 0. The lowest BCUT2D eigenvalue weighted by atomic mass is 10.1. The fourth-order valence-electron chi connectivity index (χ4n) is 1.88. The van der Waals surface area contributed by atoms with E-state index in [1.807, 2.05) is 0 Å². The molecule has 2 fully saturated rings. The van der Waals surface area contributed by atoms with Gasteiger partial charge in [-0.25, -0.2) is 0 Å². The van der Waals surface area contributed by atoms with Crippen LogP contribution in [0, 0.1) is 0 Å². The van der Waals surface area contributed by atoms with E-state index >= 15 is 0 Å². The van der Waals surface area contributed by atoms with E-state index in [1.54, 1.807) is 0 Å². The molecule has 1 aliphatic heterocycles. The number of carbonyl (C=O) groups excluding carboxylic acids is 1. The van der Waals surface area contributed by atoms with Crippen LogP contribution in [0.4, 0.5) is 0 Å².